The van der Waals surface area contributed by atoms with Gasteiger partial charge in [0, 0.05) is 24.2 Å². The molecule has 0 fully saturated rings. The molecule has 0 saturated carbocycles. The standard InChI is InChI=1S/C19H29N3O2/c1-12-14(6-5-7-20)15-10-13(18(23)24)11-16(19(2,3)4)17(15)22(12)9-8-21/h10-11H,5-9,20-21H2,1-4H3,(H,23,24). The van der Waals surface area contributed by atoms with E-state index in [4.69, 9.17) is 11.5 Å². The van der Waals surface area contributed by atoms with Gasteiger partial charge in [0.25, 0.3) is 0 Å². The molecule has 132 valence electrons. The number of carbonyl (C=O) groups is 1. The molecule has 2 aromatic rings. The Morgan fingerprint density at radius 3 is 2.38 bits per heavy atom. The smallest absolute Gasteiger partial charge is 0.335 e. The molecule has 0 unspecified atom stereocenters. The zero-order chi connectivity index (χ0) is 18.1. The number of hydrogen-bond donors (Lipinski definition) is 3. The van der Waals surface area contributed by atoms with Crippen LogP contribution in [0.1, 0.15) is 54.4 Å². The van der Waals surface area contributed by atoms with Gasteiger partial charge in [0.05, 0.1) is 11.1 Å². The monoisotopic (exact) mass is 331 g/mol. The summed E-state index contributed by atoms with van der Waals surface area (Å²) in [4.78, 5) is 11.6. The largest absolute Gasteiger partial charge is 0.478 e. The summed E-state index contributed by atoms with van der Waals surface area (Å²) in [5.74, 6) is -0.892. The minimum atomic E-state index is -0.892. The Morgan fingerprint density at radius 1 is 1.21 bits per heavy atom. The summed E-state index contributed by atoms with van der Waals surface area (Å²) in [5, 5.41) is 10.6. The minimum Gasteiger partial charge on any atom is -0.478 e. The second-order valence-electron chi connectivity index (χ2n) is 7.37. The van der Waals surface area contributed by atoms with Gasteiger partial charge >= 0.3 is 5.97 Å². The molecular weight excluding hydrogens is 302 g/mol. The van der Waals surface area contributed by atoms with E-state index < -0.39 is 5.97 Å². The highest BCUT2D eigenvalue weighted by Crippen LogP contribution is 2.36. The van der Waals surface area contributed by atoms with Crippen molar-refractivity contribution < 1.29 is 9.90 Å². The van der Waals surface area contributed by atoms with E-state index in [0.717, 1.165) is 41.5 Å². The molecular formula is C19H29N3O2. The fraction of sp³-hybridized carbons (Fsp3) is 0.526. The molecule has 0 aliphatic heterocycles. The predicted molar refractivity (Wildman–Crippen MR) is 98.8 cm³/mol. The van der Waals surface area contributed by atoms with Gasteiger partial charge in [-0.25, -0.2) is 4.79 Å². The normalized spacial score (nSPS) is 12.1. The van der Waals surface area contributed by atoms with Crippen LogP contribution in [0.4, 0.5) is 0 Å². The SMILES string of the molecule is Cc1c(CCCN)c2cc(C(=O)O)cc(C(C)(C)C)c2n1CCN. The van der Waals surface area contributed by atoms with Crippen molar-refractivity contribution in [3.05, 3.63) is 34.5 Å². The summed E-state index contributed by atoms with van der Waals surface area (Å²) in [5.41, 5.74) is 16.2. The van der Waals surface area contributed by atoms with E-state index in [1.165, 1.54) is 5.56 Å². The molecule has 0 saturated heterocycles. The van der Waals surface area contributed by atoms with Gasteiger partial charge in [0.15, 0.2) is 0 Å². The lowest BCUT2D eigenvalue weighted by molar-refractivity contribution is 0.0697. The third-order valence-electron chi connectivity index (χ3n) is 4.59. The van der Waals surface area contributed by atoms with Gasteiger partial charge in [-0.05, 0) is 55.0 Å². The Bertz CT molecular complexity index is 754. The first-order valence-corrected chi connectivity index (χ1v) is 8.52. The van der Waals surface area contributed by atoms with E-state index in [2.05, 4.69) is 32.3 Å². The van der Waals surface area contributed by atoms with E-state index in [1.54, 1.807) is 6.07 Å². The third-order valence-corrected chi connectivity index (χ3v) is 4.59. The number of nitrogens with zero attached hydrogens (tertiary/aromatic N) is 1. The number of fused-ring (bicyclic) bond motifs is 1. The van der Waals surface area contributed by atoms with Crippen molar-refractivity contribution in [1.82, 2.24) is 4.57 Å². The van der Waals surface area contributed by atoms with E-state index in [9.17, 15) is 9.90 Å². The van der Waals surface area contributed by atoms with Crippen molar-refractivity contribution in [3.63, 3.8) is 0 Å². The van der Waals surface area contributed by atoms with Crippen molar-refractivity contribution in [3.8, 4) is 0 Å². The maximum Gasteiger partial charge on any atom is 0.335 e. The molecule has 5 N–H and O–H groups in total. The van der Waals surface area contributed by atoms with Gasteiger partial charge in [0.1, 0.15) is 0 Å². The lowest BCUT2D eigenvalue weighted by atomic mass is 9.84. The maximum absolute atomic E-state index is 11.6. The quantitative estimate of drug-likeness (QED) is 0.758. The lowest BCUT2D eigenvalue weighted by Gasteiger charge is -2.23. The molecule has 0 aliphatic carbocycles. The number of hydrogen-bond acceptors (Lipinski definition) is 3. The second-order valence-corrected chi connectivity index (χ2v) is 7.37. The number of benzene rings is 1. The highest BCUT2D eigenvalue weighted by molar-refractivity contribution is 5.97. The first-order chi connectivity index (χ1) is 11.2. The number of aryl methyl sites for hydroxylation is 1. The molecule has 1 heterocycles. The van der Waals surface area contributed by atoms with Crippen LogP contribution in [0.25, 0.3) is 10.9 Å². The highest BCUT2D eigenvalue weighted by Gasteiger charge is 2.25. The minimum absolute atomic E-state index is 0.161. The third kappa shape index (κ3) is 3.32. The summed E-state index contributed by atoms with van der Waals surface area (Å²) >= 11 is 0. The summed E-state index contributed by atoms with van der Waals surface area (Å²) in [6.45, 7) is 10.3. The topological polar surface area (TPSA) is 94.3 Å². The van der Waals surface area contributed by atoms with Gasteiger partial charge in [-0.1, -0.05) is 20.8 Å². The molecule has 5 nitrogen and oxygen atoms in total. The van der Waals surface area contributed by atoms with Crippen LogP contribution in [0.3, 0.4) is 0 Å². The highest BCUT2D eigenvalue weighted by atomic mass is 16.4. The zero-order valence-corrected chi connectivity index (χ0v) is 15.1. The van der Waals surface area contributed by atoms with Crippen LogP contribution in [0, 0.1) is 6.92 Å². The molecule has 0 radical (unpaired) electrons. The Labute approximate surface area is 143 Å². The summed E-state index contributed by atoms with van der Waals surface area (Å²) in [6, 6.07) is 3.61. The van der Waals surface area contributed by atoms with Gasteiger partial charge in [-0.15, -0.1) is 0 Å². The van der Waals surface area contributed by atoms with Crippen LogP contribution < -0.4 is 11.5 Å². The van der Waals surface area contributed by atoms with Crippen LogP contribution in [0.2, 0.25) is 0 Å². The molecule has 24 heavy (non-hydrogen) atoms. The van der Waals surface area contributed by atoms with E-state index in [0.29, 0.717) is 18.7 Å². The Morgan fingerprint density at radius 2 is 1.88 bits per heavy atom. The van der Waals surface area contributed by atoms with E-state index >= 15 is 0 Å². The van der Waals surface area contributed by atoms with Crippen LogP contribution in [-0.4, -0.2) is 28.7 Å². The molecule has 2 rings (SSSR count). The Balaban J connectivity index is 2.90. The van der Waals surface area contributed by atoms with Gasteiger partial charge in [0.2, 0.25) is 0 Å². The van der Waals surface area contributed by atoms with Crippen molar-refractivity contribution in [2.45, 2.75) is 52.5 Å². The Kier molecular flexibility index (Phi) is 5.35. The average molecular weight is 331 g/mol. The van der Waals surface area contributed by atoms with Crippen molar-refractivity contribution >= 4 is 16.9 Å². The first-order valence-electron chi connectivity index (χ1n) is 8.52. The summed E-state index contributed by atoms with van der Waals surface area (Å²) in [7, 11) is 0. The molecule has 5 heteroatoms. The number of nitrogens with two attached hydrogens (primary N) is 2. The van der Waals surface area contributed by atoms with Gasteiger partial charge in [-0.3, -0.25) is 0 Å². The lowest BCUT2D eigenvalue weighted by Crippen LogP contribution is -2.17. The molecule has 0 spiro atoms. The molecule has 1 aromatic carbocycles. The maximum atomic E-state index is 11.6. The van der Waals surface area contributed by atoms with Crippen LogP contribution in [-0.2, 0) is 18.4 Å². The molecule has 1 aromatic heterocycles. The number of carboxylic acid groups (broad SMARTS) is 1. The van der Waals surface area contributed by atoms with Gasteiger partial charge in [-0.2, -0.15) is 0 Å². The zero-order valence-electron chi connectivity index (χ0n) is 15.1. The van der Waals surface area contributed by atoms with E-state index in [-0.39, 0.29) is 5.41 Å². The number of aromatic carboxylic acids is 1. The average Bonchev–Trinajstić information content (AvgIpc) is 2.76. The van der Waals surface area contributed by atoms with Crippen molar-refractivity contribution in [1.29, 1.82) is 0 Å². The van der Waals surface area contributed by atoms with E-state index in [1.807, 2.05) is 6.07 Å². The number of rotatable bonds is 6. The Hall–Kier alpha value is -1.85. The van der Waals surface area contributed by atoms with Crippen molar-refractivity contribution in [2.24, 2.45) is 11.5 Å². The summed E-state index contributed by atoms with van der Waals surface area (Å²) in [6.07, 6.45) is 1.73. The van der Waals surface area contributed by atoms with Crippen LogP contribution >= 0.6 is 0 Å². The number of aromatic nitrogens is 1. The van der Waals surface area contributed by atoms with Gasteiger partial charge < -0.3 is 21.1 Å². The fourth-order valence-corrected chi connectivity index (χ4v) is 3.38. The fourth-order valence-electron chi connectivity index (χ4n) is 3.38. The van der Waals surface area contributed by atoms with Crippen molar-refractivity contribution in [2.75, 3.05) is 13.1 Å². The molecule has 0 atom stereocenters. The predicted octanol–water partition coefficient (Wildman–Crippen LogP) is 2.80. The van der Waals surface area contributed by atoms with Crippen LogP contribution in [0.15, 0.2) is 12.1 Å². The number of carboxylic acids is 1. The summed E-state index contributed by atoms with van der Waals surface area (Å²) < 4.78 is 2.24. The second kappa shape index (κ2) is 6.95. The molecule has 0 bridgehead atoms. The molecule has 0 amide bonds. The first kappa shape index (κ1) is 18.5. The van der Waals surface area contributed by atoms with Crippen LogP contribution in [0.5, 0.6) is 0 Å². The molecule has 0 aliphatic rings.